The van der Waals surface area contributed by atoms with Gasteiger partial charge in [0.1, 0.15) is 0 Å². The number of hydrogen-bond donors (Lipinski definition) is 3. The van der Waals surface area contributed by atoms with E-state index in [9.17, 15) is 0 Å². The van der Waals surface area contributed by atoms with Gasteiger partial charge in [0.05, 0.1) is 6.61 Å². The molecule has 0 aromatic heterocycles. The Morgan fingerprint density at radius 1 is 1.04 bits per heavy atom. The van der Waals surface area contributed by atoms with E-state index in [2.05, 4.69) is 19.1 Å². The Balaban J connectivity index is 0.000000505. The molecular formula is C17H29O6P. The molecule has 7 heteroatoms. The van der Waals surface area contributed by atoms with Crippen molar-refractivity contribution in [3.05, 3.63) is 29.3 Å². The molecule has 0 fully saturated rings. The largest absolute Gasteiger partial charge is 0.466 e. The molecule has 0 saturated carbocycles. The molecule has 1 aliphatic heterocycles. The van der Waals surface area contributed by atoms with Crippen LogP contribution in [0.2, 0.25) is 0 Å². The first-order chi connectivity index (χ1) is 11.4. The van der Waals surface area contributed by atoms with Crippen molar-refractivity contribution in [2.24, 2.45) is 0 Å². The molecule has 138 valence electrons. The number of rotatable bonds is 8. The van der Waals surface area contributed by atoms with Gasteiger partial charge in [-0.3, -0.25) is 0 Å². The zero-order valence-electron chi connectivity index (χ0n) is 14.3. The van der Waals surface area contributed by atoms with Crippen molar-refractivity contribution >= 4 is 7.82 Å². The van der Waals surface area contributed by atoms with Gasteiger partial charge in [-0.05, 0) is 24.5 Å². The standard InChI is InChI=1S/C17H26O2.H3O4P/c1-2-3-4-5-6-7-8-11-16-15-10-9-12-17(16)19-18-14-13-15;1-5(2,3)4/h9-10,12H,2-8,11,13-14H2,1H3;(H3,1,2,3,4). The monoisotopic (exact) mass is 360 g/mol. The molecule has 6 nitrogen and oxygen atoms in total. The zero-order valence-corrected chi connectivity index (χ0v) is 15.2. The Morgan fingerprint density at radius 2 is 1.67 bits per heavy atom. The smallest absolute Gasteiger partial charge is 0.337 e. The van der Waals surface area contributed by atoms with Crippen LogP contribution in [0.25, 0.3) is 0 Å². The zero-order chi connectivity index (χ0) is 17.8. The average Bonchev–Trinajstić information content (AvgIpc) is 2.60. The molecule has 2 rings (SSSR count). The van der Waals surface area contributed by atoms with E-state index in [0.717, 1.165) is 18.6 Å². The van der Waals surface area contributed by atoms with Crippen molar-refractivity contribution in [1.82, 2.24) is 0 Å². The van der Waals surface area contributed by atoms with Gasteiger partial charge < -0.3 is 19.6 Å². The van der Waals surface area contributed by atoms with E-state index in [-0.39, 0.29) is 0 Å². The molecule has 1 aromatic carbocycles. The van der Waals surface area contributed by atoms with Gasteiger partial charge >= 0.3 is 7.82 Å². The molecule has 0 saturated heterocycles. The van der Waals surface area contributed by atoms with Crippen LogP contribution in [0.3, 0.4) is 0 Å². The molecule has 2 bridgehead atoms. The molecule has 24 heavy (non-hydrogen) atoms. The first-order valence-electron chi connectivity index (χ1n) is 8.60. The van der Waals surface area contributed by atoms with Crippen LogP contribution < -0.4 is 4.89 Å². The van der Waals surface area contributed by atoms with Crippen LogP contribution in [0, 0.1) is 0 Å². The van der Waals surface area contributed by atoms with E-state index in [1.165, 1.54) is 56.1 Å². The highest BCUT2D eigenvalue weighted by Crippen LogP contribution is 2.28. The molecule has 1 aromatic rings. The van der Waals surface area contributed by atoms with Crippen molar-refractivity contribution in [3.63, 3.8) is 0 Å². The summed E-state index contributed by atoms with van der Waals surface area (Å²) in [6.07, 6.45) is 11.6. The van der Waals surface area contributed by atoms with Gasteiger partial charge in [0.25, 0.3) is 0 Å². The third-order valence-corrected chi connectivity index (χ3v) is 3.86. The van der Waals surface area contributed by atoms with Crippen molar-refractivity contribution in [3.8, 4) is 5.75 Å². The van der Waals surface area contributed by atoms with Gasteiger partial charge in [-0.2, -0.15) is 4.89 Å². The summed E-state index contributed by atoms with van der Waals surface area (Å²) in [6, 6.07) is 6.29. The van der Waals surface area contributed by atoms with Crippen LogP contribution in [0.1, 0.15) is 63.0 Å². The average molecular weight is 360 g/mol. The van der Waals surface area contributed by atoms with Gasteiger partial charge in [0.15, 0.2) is 5.75 Å². The fourth-order valence-electron chi connectivity index (χ4n) is 2.72. The molecule has 1 heterocycles. The summed E-state index contributed by atoms with van der Waals surface area (Å²) in [5.74, 6) is 0.931. The highest BCUT2D eigenvalue weighted by Gasteiger charge is 2.13. The van der Waals surface area contributed by atoms with E-state index in [0.29, 0.717) is 6.61 Å². The molecule has 0 spiro atoms. The van der Waals surface area contributed by atoms with Gasteiger partial charge in [-0.15, -0.1) is 0 Å². The Bertz CT molecular complexity index is 481. The first-order valence-corrected chi connectivity index (χ1v) is 10.2. The maximum Gasteiger partial charge on any atom is 0.466 e. The highest BCUT2D eigenvalue weighted by atomic mass is 31.2. The summed E-state index contributed by atoms with van der Waals surface area (Å²) >= 11 is 0. The topological polar surface area (TPSA) is 96.2 Å². The molecule has 0 aliphatic carbocycles. The van der Waals surface area contributed by atoms with Crippen LogP contribution in [-0.2, 0) is 22.3 Å². The van der Waals surface area contributed by atoms with E-state index in [1.54, 1.807) is 0 Å². The summed E-state index contributed by atoms with van der Waals surface area (Å²) in [6.45, 7) is 2.93. The predicted molar refractivity (Wildman–Crippen MR) is 92.7 cm³/mol. The molecular weight excluding hydrogens is 331 g/mol. The van der Waals surface area contributed by atoms with E-state index >= 15 is 0 Å². The van der Waals surface area contributed by atoms with Crippen molar-refractivity contribution in [1.29, 1.82) is 0 Å². The van der Waals surface area contributed by atoms with E-state index in [4.69, 9.17) is 29.0 Å². The summed E-state index contributed by atoms with van der Waals surface area (Å²) in [5, 5.41) is 0. The molecule has 0 unspecified atom stereocenters. The number of phosphoric acid groups is 1. The Hall–Kier alpha value is -0.910. The summed E-state index contributed by atoms with van der Waals surface area (Å²) in [7, 11) is -4.64. The molecule has 0 amide bonds. The predicted octanol–water partition coefficient (Wildman–Crippen LogP) is 3.92. The fourth-order valence-corrected chi connectivity index (χ4v) is 2.72. The fraction of sp³-hybridized carbons (Fsp3) is 0.647. The van der Waals surface area contributed by atoms with E-state index in [1.807, 2.05) is 6.07 Å². The second-order valence-electron chi connectivity index (χ2n) is 5.93. The second-order valence-corrected chi connectivity index (χ2v) is 6.96. The minimum Gasteiger partial charge on any atom is -0.337 e. The third-order valence-electron chi connectivity index (χ3n) is 3.86. The lowest BCUT2D eigenvalue weighted by atomic mass is 9.98. The van der Waals surface area contributed by atoms with Crippen LogP contribution >= 0.6 is 7.82 Å². The van der Waals surface area contributed by atoms with E-state index < -0.39 is 7.82 Å². The summed E-state index contributed by atoms with van der Waals surface area (Å²) in [4.78, 5) is 32.1. The van der Waals surface area contributed by atoms with Crippen molar-refractivity contribution < 1.29 is 29.0 Å². The summed E-state index contributed by atoms with van der Waals surface area (Å²) < 4.78 is 8.88. The SMILES string of the molecule is CCCCCCCCCc1c2cccc1OOCC2.O=P(O)(O)O. The van der Waals surface area contributed by atoms with Crippen LogP contribution in [0.5, 0.6) is 5.75 Å². The maximum atomic E-state index is 8.88. The molecule has 0 atom stereocenters. The third kappa shape index (κ3) is 10.1. The molecule has 1 aliphatic rings. The Labute approximate surface area is 144 Å². The second kappa shape index (κ2) is 11.6. The molecule has 3 N–H and O–H groups in total. The minimum absolute atomic E-state index is 0.664. The lowest BCUT2D eigenvalue weighted by molar-refractivity contribution is -0.203. The first kappa shape index (κ1) is 21.1. The van der Waals surface area contributed by atoms with Crippen LogP contribution in [0.15, 0.2) is 18.2 Å². The Kier molecular flexibility index (Phi) is 10.2. The van der Waals surface area contributed by atoms with Gasteiger partial charge in [-0.1, -0.05) is 57.6 Å². The summed E-state index contributed by atoms with van der Waals surface area (Å²) in [5.41, 5.74) is 2.77. The lowest BCUT2D eigenvalue weighted by Crippen LogP contribution is -1.96. The van der Waals surface area contributed by atoms with Crippen LogP contribution in [-0.4, -0.2) is 21.3 Å². The highest BCUT2D eigenvalue weighted by molar-refractivity contribution is 7.45. The Morgan fingerprint density at radius 3 is 2.33 bits per heavy atom. The van der Waals surface area contributed by atoms with Crippen molar-refractivity contribution in [2.45, 2.75) is 64.7 Å². The quantitative estimate of drug-likeness (QED) is 0.369. The molecule has 0 radical (unpaired) electrons. The van der Waals surface area contributed by atoms with Gasteiger partial charge in [0.2, 0.25) is 0 Å². The maximum absolute atomic E-state index is 8.88. The van der Waals surface area contributed by atoms with Crippen LogP contribution in [0.4, 0.5) is 0 Å². The number of unbranched alkanes of at least 4 members (excludes halogenated alkanes) is 6. The normalized spacial score (nSPS) is 13.5. The number of fused-ring (bicyclic) bond motifs is 2. The number of benzene rings is 1. The van der Waals surface area contributed by atoms with Gasteiger partial charge in [0, 0.05) is 12.0 Å². The number of hydrogen-bond acceptors (Lipinski definition) is 3. The van der Waals surface area contributed by atoms with Gasteiger partial charge in [-0.25, -0.2) is 4.57 Å². The van der Waals surface area contributed by atoms with Crippen molar-refractivity contribution in [2.75, 3.05) is 6.61 Å². The lowest BCUT2D eigenvalue weighted by Gasteiger charge is -2.09. The minimum atomic E-state index is -4.64.